The molecular formula is C46H56N4O7. The minimum atomic E-state index is -0.624. The van der Waals surface area contributed by atoms with Gasteiger partial charge in [-0.15, -0.1) is 0 Å². The molecule has 0 radical (unpaired) electrons. The molecule has 2 amide bonds. The first-order valence-electron chi connectivity index (χ1n) is 20.0. The number of nitrogens with two attached hydrogens (primary N) is 1. The summed E-state index contributed by atoms with van der Waals surface area (Å²) in [6.07, 6.45) is 3.10. The number of nitrogen functional groups attached to an aromatic ring is 1. The lowest BCUT2D eigenvalue weighted by atomic mass is 9.98. The van der Waals surface area contributed by atoms with Gasteiger partial charge in [0.15, 0.2) is 6.29 Å². The van der Waals surface area contributed by atoms with Crippen LogP contribution in [0.15, 0.2) is 97.1 Å². The van der Waals surface area contributed by atoms with Crippen molar-refractivity contribution in [1.82, 2.24) is 10.2 Å². The van der Waals surface area contributed by atoms with Crippen molar-refractivity contribution >= 4 is 29.2 Å². The minimum absolute atomic E-state index is 0.0271. The summed E-state index contributed by atoms with van der Waals surface area (Å²) in [5.74, 6) is -0.370. The second-order valence-corrected chi connectivity index (χ2v) is 16.0. The number of hydrogen-bond donors (Lipinski definition) is 4. The van der Waals surface area contributed by atoms with Gasteiger partial charge in [0.1, 0.15) is 11.6 Å². The van der Waals surface area contributed by atoms with Crippen LogP contribution in [0.4, 0.5) is 11.4 Å². The van der Waals surface area contributed by atoms with E-state index < -0.39 is 11.9 Å². The van der Waals surface area contributed by atoms with E-state index in [0.717, 1.165) is 52.8 Å². The molecule has 2 heterocycles. The Morgan fingerprint density at radius 2 is 1.56 bits per heavy atom. The molecule has 11 nitrogen and oxygen atoms in total. The fourth-order valence-corrected chi connectivity index (χ4v) is 7.35. The normalized spacial score (nSPS) is 19.9. The minimum Gasteiger partial charge on any atom is -0.459 e. The third-order valence-corrected chi connectivity index (χ3v) is 10.3. The molecule has 2 aliphatic rings. The van der Waals surface area contributed by atoms with E-state index in [2.05, 4.69) is 33.7 Å². The predicted molar refractivity (Wildman–Crippen MR) is 221 cm³/mol. The number of para-hydroxylation sites is 2. The van der Waals surface area contributed by atoms with Crippen LogP contribution in [0.5, 0.6) is 0 Å². The summed E-state index contributed by atoms with van der Waals surface area (Å²) < 4.78 is 19.0. The molecule has 4 aromatic carbocycles. The Labute approximate surface area is 335 Å². The Morgan fingerprint density at radius 1 is 0.842 bits per heavy atom. The van der Waals surface area contributed by atoms with Crippen LogP contribution in [0.25, 0.3) is 11.1 Å². The summed E-state index contributed by atoms with van der Waals surface area (Å²) in [7, 11) is 0. The number of carbonyl (C=O) groups is 3. The monoisotopic (exact) mass is 776 g/mol. The smallest absolute Gasteiger partial charge is 0.323 e. The predicted octanol–water partition coefficient (Wildman–Crippen LogP) is 7.59. The first kappa shape index (κ1) is 41.6. The summed E-state index contributed by atoms with van der Waals surface area (Å²) in [4.78, 5) is 40.2. The van der Waals surface area contributed by atoms with Gasteiger partial charge in [-0.05, 0) is 99.0 Å². The van der Waals surface area contributed by atoms with Crippen molar-refractivity contribution in [3.63, 3.8) is 0 Å². The van der Waals surface area contributed by atoms with Gasteiger partial charge in [-0.2, -0.15) is 0 Å². The number of carbonyl (C=O) groups excluding carboxylic acids is 3. The van der Waals surface area contributed by atoms with Crippen LogP contribution >= 0.6 is 0 Å². The number of aliphatic hydroxyl groups is 1. The van der Waals surface area contributed by atoms with Crippen LogP contribution in [0, 0.1) is 0 Å². The van der Waals surface area contributed by atoms with Crippen LogP contribution in [0.3, 0.4) is 0 Å². The van der Waals surface area contributed by atoms with E-state index >= 15 is 0 Å². The Morgan fingerprint density at radius 3 is 2.28 bits per heavy atom. The van der Waals surface area contributed by atoms with Crippen LogP contribution in [-0.4, -0.2) is 58.6 Å². The number of rotatable bonds is 15. The average Bonchev–Trinajstić information content (AvgIpc) is 3.67. The van der Waals surface area contributed by atoms with E-state index in [1.165, 1.54) is 0 Å². The van der Waals surface area contributed by atoms with Gasteiger partial charge in [-0.1, -0.05) is 78.9 Å². The van der Waals surface area contributed by atoms with Crippen molar-refractivity contribution in [1.29, 1.82) is 0 Å². The number of esters is 1. The number of anilines is 2. The Bertz CT molecular complexity index is 1960. The topological polar surface area (TPSA) is 152 Å². The van der Waals surface area contributed by atoms with Gasteiger partial charge < -0.3 is 35.7 Å². The highest BCUT2D eigenvalue weighted by atomic mass is 16.7. The van der Waals surface area contributed by atoms with E-state index in [1.54, 1.807) is 12.1 Å². The summed E-state index contributed by atoms with van der Waals surface area (Å²) in [6, 6.07) is 30.9. The molecule has 0 aromatic heterocycles. The summed E-state index contributed by atoms with van der Waals surface area (Å²) in [5.41, 5.74) is 12.2. The third kappa shape index (κ3) is 12.0. The van der Waals surface area contributed by atoms with Gasteiger partial charge in [0.2, 0.25) is 11.8 Å². The molecule has 0 spiro atoms. The van der Waals surface area contributed by atoms with E-state index in [4.69, 9.17) is 19.9 Å². The number of aliphatic hydroxyl groups excluding tert-OH is 1. The van der Waals surface area contributed by atoms with Gasteiger partial charge in [0.05, 0.1) is 30.2 Å². The zero-order valence-electron chi connectivity index (χ0n) is 33.2. The number of ether oxygens (including phenoxy) is 3. The first-order valence-corrected chi connectivity index (χ1v) is 20.0. The maximum atomic E-state index is 13.1. The number of amides is 2. The Hall–Kier alpha value is -5.07. The molecule has 0 aliphatic carbocycles. The molecule has 0 bridgehead atoms. The highest BCUT2D eigenvalue weighted by Gasteiger charge is 2.39. The SMILES string of the molecule is CC(C)(C)OC(=O)C1CCCN1CC1CC(c2ccc(CO)cc2)OC(c2ccc(-c3cccc(CNC(=O)CCCCC(=O)Nc4ccccc4N)c3)cc2)O1. The van der Waals surface area contributed by atoms with E-state index in [-0.39, 0.29) is 42.6 Å². The van der Waals surface area contributed by atoms with Crippen LogP contribution in [0.1, 0.15) is 100 Å². The molecule has 2 aliphatic heterocycles. The lowest BCUT2D eigenvalue weighted by Gasteiger charge is -2.38. The molecule has 5 N–H and O–H groups in total. The number of hydrogen-bond acceptors (Lipinski definition) is 9. The zero-order valence-corrected chi connectivity index (χ0v) is 33.2. The van der Waals surface area contributed by atoms with Gasteiger partial charge in [-0.25, -0.2) is 0 Å². The standard InChI is InChI=1S/C46H56N4O7/c1-46(2,3)57-44(54)40-14-9-25-50(40)29-37-27-41(34-19-17-31(30-51)18-20-34)56-45(55-37)35-23-21-33(22-24-35)36-11-8-10-32(26-36)28-48-42(52)15-6-7-16-43(53)49-39-13-5-4-12-38(39)47/h4-5,8,10-13,17-24,26,37,40-41,45,51H,6-7,9,14-16,25,27-30,47H2,1-3H3,(H,48,52)(H,49,53). The first-order chi connectivity index (χ1) is 27.4. The summed E-state index contributed by atoms with van der Waals surface area (Å²) >= 11 is 0. The fraction of sp³-hybridized carbons (Fsp3) is 0.413. The van der Waals surface area contributed by atoms with Gasteiger partial charge in [0.25, 0.3) is 0 Å². The van der Waals surface area contributed by atoms with Crippen molar-refractivity contribution in [2.75, 3.05) is 24.1 Å². The summed E-state index contributed by atoms with van der Waals surface area (Å²) in [5, 5.41) is 15.4. The molecule has 6 rings (SSSR count). The highest BCUT2D eigenvalue weighted by molar-refractivity contribution is 5.93. The van der Waals surface area contributed by atoms with Crippen molar-refractivity contribution in [2.24, 2.45) is 0 Å². The Kier molecular flexibility index (Phi) is 14.1. The van der Waals surface area contributed by atoms with Crippen LogP contribution in [0.2, 0.25) is 0 Å². The van der Waals surface area contributed by atoms with Gasteiger partial charge in [-0.3, -0.25) is 19.3 Å². The maximum absolute atomic E-state index is 13.1. The molecule has 11 heteroatoms. The van der Waals surface area contributed by atoms with Crippen molar-refractivity contribution in [3.8, 4) is 11.1 Å². The van der Waals surface area contributed by atoms with Gasteiger partial charge >= 0.3 is 5.97 Å². The second-order valence-electron chi connectivity index (χ2n) is 16.0. The molecule has 4 atom stereocenters. The third-order valence-electron chi connectivity index (χ3n) is 10.3. The molecule has 4 aromatic rings. The molecule has 2 fully saturated rings. The molecular weight excluding hydrogens is 721 g/mol. The number of nitrogens with zero attached hydrogens (tertiary/aromatic N) is 1. The quantitative estimate of drug-likeness (QED) is 0.0544. The number of unbranched alkanes of at least 4 members (excludes halogenated alkanes) is 1. The lowest BCUT2D eigenvalue weighted by Crippen LogP contribution is -2.45. The maximum Gasteiger partial charge on any atom is 0.323 e. The van der Waals surface area contributed by atoms with Crippen LogP contribution in [-0.2, 0) is 41.7 Å². The number of benzene rings is 4. The molecule has 4 unspecified atom stereocenters. The highest BCUT2D eigenvalue weighted by Crippen LogP contribution is 2.39. The van der Waals surface area contributed by atoms with Crippen molar-refractivity contribution in [2.45, 2.75) is 109 Å². The van der Waals surface area contributed by atoms with Crippen LogP contribution < -0.4 is 16.4 Å². The number of likely N-dealkylation sites (tertiary alicyclic amines) is 1. The zero-order chi connectivity index (χ0) is 40.4. The Balaban J connectivity index is 1.05. The fourth-order valence-electron chi connectivity index (χ4n) is 7.35. The van der Waals surface area contributed by atoms with E-state index in [9.17, 15) is 19.5 Å². The van der Waals surface area contributed by atoms with Gasteiger partial charge in [0, 0.05) is 37.9 Å². The van der Waals surface area contributed by atoms with Crippen molar-refractivity contribution < 1.29 is 33.7 Å². The van der Waals surface area contributed by atoms with Crippen molar-refractivity contribution in [3.05, 3.63) is 119 Å². The van der Waals surface area contributed by atoms with E-state index in [0.29, 0.717) is 56.6 Å². The molecule has 302 valence electrons. The second kappa shape index (κ2) is 19.4. The molecule has 2 saturated heterocycles. The molecule has 0 saturated carbocycles. The largest absolute Gasteiger partial charge is 0.459 e. The average molecular weight is 777 g/mol. The van der Waals surface area contributed by atoms with E-state index in [1.807, 2.05) is 87.5 Å². The molecule has 57 heavy (non-hydrogen) atoms. The lowest BCUT2D eigenvalue weighted by molar-refractivity contribution is -0.253. The number of nitrogens with one attached hydrogen (secondary N) is 2. The summed E-state index contributed by atoms with van der Waals surface area (Å²) in [6.45, 7) is 7.44.